The summed E-state index contributed by atoms with van der Waals surface area (Å²) in [5, 5.41) is 14.2. The normalized spacial score (nSPS) is 30.8. The summed E-state index contributed by atoms with van der Waals surface area (Å²) in [5.41, 5.74) is 0.825. The highest BCUT2D eigenvalue weighted by molar-refractivity contribution is 5.81. The van der Waals surface area contributed by atoms with Crippen molar-refractivity contribution in [3.8, 4) is 0 Å². The van der Waals surface area contributed by atoms with Crippen LogP contribution in [0.1, 0.15) is 38.4 Å². The fourth-order valence-electron chi connectivity index (χ4n) is 5.23. The Balaban J connectivity index is 1.14. The third-order valence-electron chi connectivity index (χ3n) is 6.39. The van der Waals surface area contributed by atoms with E-state index in [9.17, 15) is 9.90 Å². The lowest BCUT2D eigenvalue weighted by molar-refractivity contribution is -0.171. The van der Waals surface area contributed by atoms with Crippen LogP contribution in [0.25, 0.3) is 5.52 Å². The highest BCUT2D eigenvalue weighted by Gasteiger charge is 2.55. The van der Waals surface area contributed by atoms with Crippen LogP contribution in [0.3, 0.4) is 0 Å². The van der Waals surface area contributed by atoms with E-state index in [4.69, 9.17) is 0 Å². The molecule has 1 saturated heterocycles. The van der Waals surface area contributed by atoms with E-state index >= 15 is 0 Å². The minimum Gasteiger partial charge on any atom is -0.390 e. The molecule has 1 aliphatic heterocycles. The smallest absolute Gasteiger partial charge is 0.225 e. The summed E-state index contributed by atoms with van der Waals surface area (Å²) in [6.45, 7) is 3.62. The van der Waals surface area contributed by atoms with Gasteiger partial charge >= 0.3 is 0 Å². The van der Waals surface area contributed by atoms with Crippen LogP contribution >= 0.6 is 0 Å². The molecular weight excluding hydrogens is 316 g/mol. The summed E-state index contributed by atoms with van der Waals surface area (Å²) in [5.74, 6) is 1.98. The number of likely N-dealkylation sites (tertiary alicyclic amines) is 1. The van der Waals surface area contributed by atoms with Crippen LogP contribution < -0.4 is 0 Å². The van der Waals surface area contributed by atoms with Crippen molar-refractivity contribution < 1.29 is 9.90 Å². The number of amides is 1. The molecule has 5 rings (SSSR count). The predicted molar refractivity (Wildman–Crippen MR) is 91.8 cm³/mol. The van der Waals surface area contributed by atoms with Crippen LogP contribution in [0.15, 0.2) is 24.5 Å². The minimum absolute atomic E-state index is 0.0461. The average molecular weight is 340 g/mol. The molecule has 2 saturated carbocycles. The van der Waals surface area contributed by atoms with E-state index in [1.165, 1.54) is 12.8 Å². The third kappa shape index (κ3) is 2.46. The number of carbonyl (C=O) groups is 1. The lowest BCUT2D eigenvalue weighted by atomic mass is 9.56. The van der Waals surface area contributed by atoms with Gasteiger partial charge < -0.3 is 10.0 Å². The van der Waals surface area contributed by atoms with Crippen LogP contribution in [0.4, 0.5) is 0 Å². The predicted octanol–water partition coefficient (Wildman–Crippen LogP) is 1.67. The van der Waals surface area contributed by atoms with Crippen molar-refractivity contribution in [2.24, 2.45) is 17.3 Å². The Morgan fingerprint density at radius 1 is 1.24 bits per heavy atom. The summed E-state index contributed by atoms with van der Waals surface area (Å²) in [4.78, 5) is 18.9. The van der Waals surface area contributed by atoms with Crippen molar-refractivity contribution in [1.29, 1.82) is 0 Å². The number of aromatic nitrogens is 3. The maximum Gasteiger partial charge on any atom is 0.225 e. The second kappa shape index (κ2) is 5.04. The van der Waals surface area contributed by atoms with Gasteiger partial charge in [0, 0.05) is 37.0 Å². The van der Waals surface area contributed by atoms with E-state index in [2.05, 4.69) is 10.1 Å². The summed E-state index contributed by atoms with van der Waals surface area (Å²) < 4.78 is 1.93. The molecule has 1 N–H and O–H groups in total. The Labute approximate surface area is 146 Å². The van der Waals surface area contributed by atoms with Gasteiger partial charge in [-0.3, -0.25) is 4.79 Å². The number of hydrogen-bond donors (Lipinski definition) is 1. The van der Waals surface area contributed by atoms with Crippen LogP contribution in [-0.2, 0) is 11.2 Å². The standard InChI is InChI=1S/C19H24N4O2/c1-18(25)9-14(10-18)17(24)22-11-19(12-22)7-13(8-19)6-16-20-4-2-15-3-5-21-23(15)16/h2-5,13-14,25H,6-12H2,1H3. The van der Waals surface area contributed by atoms with Crippen LogP contribution in [-0.4, -0.2) is 49.2 Å². The first-order valence-corrected chi connectivity index (χ1v) is 9.22. The van der Waals surface area contributed by atoms with Gasteiger partial charge in [-0.05, 0) is 50.7 Å². The van der Waals surface area contributed by atoms with Crippen molar-refractivity contribution in [3.63, 3.8) is 0 Å². The molecule has 2 aromatic rings. The van der Waals surface area contributed by atoms with Crippen molar-refractivity contribution in [3.05, 3.63) is 30.4 Å². The van der Waals surface area contributed by atoms with Gasteiger partial charge in [-0.2, -0.15) is 5.10 Å². The molecule has 0 unspecified atom stereocenters. The Morgan fingerprint density at radius 2 is 1.96 bits per heavy atom. The van der Waals surface area contributed by atoms with Gasteiger partial charge in [-0.25, -0.2) is 9.50 Å². The van der Waals surface area contributed by atoms with Gasteiger partial charge in [-0.1, -0.05) is 0 Å². The summed E-state index contributed by atoms with van der Waals surface area (Å²) >= 11 is 0. The minimum atomic E-state index is -0.620. The van der Waals surface area contributed by atoms with Gasteiger partial charge in [0.05, 0.1) is 17.3 Å². The molecule has 0 aromatic carbocycles. The monoisotopic (exact) mass is 340 g/mol. The number of carbonyl (C=O) groups excluding carboxylic acids is 1. The molecule has 3 aliphatic rings. The molecule has 3 fully saturated rings. The quantitative estimate of drug-likeness (QED) is 0.923. The highest BCUT2D eigenvalue weighted by Crippen LogP contribution is 2.53. The first kappa shape index (κ1) is 15.3. The fourth-order valence-corrected chi connectivity index (χ4v) is 5.23. The van der Waals surface area contributed by atoms with Gasteiger partial charge in [-0.15, -0.1) is 0 Å². The van der Waals surface area contributed by atoms with Crippen molar-refractivity contribution in [2.45, 2.75) is 44.6 Å². The van der Waals surface area contributed by atoms with Gasteiger partial charge in [0.15, 0.2) is 0 Å². The number of fused-ring (bicyclic) bond motifs is 1. The fraction of sp³-hybridized carbons (Fsp3) is 0.632. The van der Waals surface area contributed by atoms with Crippen molar-refractivity contribution in [1.82, 2.24) is 19.5 Å². The zero-order chi connectivity index (χ0) is 17.2. The van der Waals surface area contributed by atoms with E-state index in [1.54, 1.807) is 0 Å². The Hall–Kier alpha value is -1.95. The number of nitrogens with zero attached hydrogens (tertiary/aromatic N) is 4. The van der Waals surface area contributed by atoms with Crippen LogP contribution in [0.5, 0.6) is 0 Å². The molecule has 0 atom stereocenters. The Bertz CT molecular complexity index is 821. The molecule has 0 radical (unpaired) electrons. The van der Waals surface area contributed by atoms with Gasteiger partial charge in [0.2, 0.25) is 5.91 Å². The zero-order valence-electron chi connectivity index (χ0n) is 14.6. The van der Waals surface area contributed by atoms with Crippen molar-refractivity contribution >= 4 is 11.4 Å². The number of aliphatic hydroxyl groups is 1. The molecule has 1 spiro atoms. The van der Waals surface area contributed by atoms with E-state index < -0.39 is 5.60 Å². The van der Waals surface area contributed by atoms with Crippen LogP contribution in [0, 0.1) is 17.3 Å². The lowest BCUT2D eigenvalue weighted by Crippen LogP contribution is -2.66. The maximum atomic E-state index is 12.4. The van der Waals surface area contributed by atoms with E-state index in [0.717, 1.165) is 30.9 Å². The van der Waals surface area contributed by atoms with E-state index in [0.29, 0.717) is 24.2 Å². The van der Waals surface area contributed by atoms with Gasteiger partial charge in [0.1, 0.15) is 5.82 Å². The molecule has 25 heavy (non-hydrogen) atoms. The molecule has 2 aromatic heterocycles. The first-order chi connectivity index (χ1) is 11.9. The highest BCUT2D eigenvalue weighted by atomic mass is 16.3. The number of rotatable bonds is 3. The van der Waals surface area contributed by atoms with E-state index in [-0.39, 0.29) is 11.8 Å². The van der Waals surface area contributed by atoms with Gasteiger partial charge in [0.25, 0.3) is 0 Å². The van der Waals surface area contributed by atoms with E-state index in [1.807, 2.05) is 40.9 Å². The molecule has 2 aliphatic carbocycles. The Kier molecular flexibility index (Phi) is 3.08. The Morgan fingerprint density at radius 3 is 2.68 bits per heavy atom. The van der Waals surface area contributed by atoms with Crippen LogP contribution in [0.2, 0.25) is 0 Å². The summed E-state index contributed by atoms with van der Waals surface area (Å²) in [6, 6.07) is 3.98. The van der Waals surface area contributed by atoms with Crippen molar-refractivity contribution in [2.75, 3.05) is 13.1 Å². The summed E-state index contributed by atoms with van der Waals surface area (Å²) in [6.07, 6.45) is 8.24. The largest absolute Gasteiger partial charge is 0.390 e. The second-order valence-corrected chi connectivity index (χ2v) is 8.80. The molecule has 6 nitrogen and oxygen atoms in total. The zero-order valence-corrected chi connectivity index (χ0v) is 14.6. The number of hydrogen-bond acceptors (Lipinski definition) is 4. The third-order valence-corrected chi connectivity index (χ3v) is 6.39. The SMILES string of the molecule is CC1(O)CC(C(=O)N2CC3(CC(Cc4nccc5ccnn45)C3)C2)C1. The molecule has 3 heterocycles. The molecule has 0 bridgehead atoms. The topological polar surface area (TPSA) is 70.7 Å². The summed E-state index contributed by atoms with van der Waals surface area (Å²) in [7, 11) is 0. The molecule has 132 valence electrons. The second-order valence-electron chi connectivity index (χ2n) is 8.80. The molecular formula is C19H24N4O2. The molecule has 1 amide bonds. The molecule has 6 heteroatoms. The first-order valence-electron chi connectivity index (χ1n) is 9.22. The average Bonchev–Trinajstić information content (AvgIpc) is 2.94. The maximum absolute atomic E-state index is 12.4. The lowest BCUT2D eigenvalue weighted by Gasteiger charge is -2.60.